The van der Waals surface area contributed by atoms with Gasteiger partial charge in [0.15, 0.2) is 0 Å². The number of amides is 1. The fourth-order valence-electron chi connectivity index (χ4n) is 4.88. The van der Waals surface area contributed by atoms with E-state index in [0.717, 1.165) is 81.1 Å². The molecule has 33 heavy (non-hydrogen) atoms. The molecule has 2 aliphatic heterocycles. The van der Waals surface area contributed by atoms with Gasteiger partial charge in [-0.2, -0.15) is 0 Å². The second kappa shape index (κ2) is 11.2. The number of piperidine rings is 2. The van der Waals surface area contributed by atoms with Crippen molar-refractivity contribution in [1.82, 2.24) is 19.8 Å². The molecule has 8 nitrogen and oxygen atoms in total. The molecule has 8 heteroatoms. The predicted octanol–water partition coefficient (Wildman–Crippen LogP) is 2.99. The lowest BCUT2D eigenvalue weighted by Crippen LogP contribution is -2.46. The highest BCUT2D eigenvalue weighted by Gasteiger charge is 2.33. The van der Waals surface area contributed by atoms with Crippen LogP contribution in [0.1, 0.15) is 36.9 Å². The number of carbonyl (C=O) groups excluding carboxylic acids is 1. The number of hydrogen-bond donors (Lipinski definition) is 0. The van der Waals surface area contributed by atoms with Crippen LogP contribution in [-0.4, -0.2) is 71.8 Å². The molecule has 0 radical (unpaired) electrons. The fourth-order valence-corrected chi connectivity index (χ4v) is 4.88. The minimum Gasteiger partial charge on any atom is -0.495 e. The fraction of sp³-hybridized carbons (Fsp3) is 0.520. The number of aromatic nitrogens is 2. The number of methoxy groups -OCH3 is 1. The Morgan fingerprint density at radius 2 is 1.79 bits per heavy atom. The maximum atomic E-state index is 13.2. The number of likely N-dealkylation sites (tertiary alicyclic amines) is 2. The highest BCUT2D eigenvalue weighted by Crippen LogP contribution is 2.27. The summed E-state index contributed by atoms with van der Waals surface area (Å²) in [4.78, 5) is 31.3. The van der Waals surface area contributed by atoms with Crippen molar-refractivity contribution in [3.63, 3.8) is 0 Å². The first-order valence-electron chi connectivity index (χ1n) is 11.7. The molecule has 0 unspecified atom stereocenters. The smallest absolute Gasteiger partial charge is 0.225 e. The first-order valence-corrected chi connectivity index (χ1v) is 11.7. The van der Waals surface area contributed by atoms with Gasteiger partial charge in [0.05, 0.1) is 19.0 Å². The van der Waals surface area contributed by atoms with Gasteiger partial charge < -0.3 is 14.5 Å². The van der Waals surface area contributed by atoms with E-state index in [0.29, 0.717) is 5.91 Å². The molecule has 2 aromatic rings. The Hall–Kier alpha value is -3.00. The summed E-state index contributed by atoms with van der Waals surface area (Å²) in [5, 5.41) is 4.27. The summed E-state index contributed by atoms with van der Waals surface area (Å²) in [6, 6.07) is 7.83. The van der Waals surface area contributed by atoms with Gasteiger partial charge in [0.25, 0.3) is 0 Å². The second-order valence-corrected chi connectivity index (χ2v) is 8.71. The molecule has 0 spiro atoms. The topological polar surface area (TPSA) is 80.2 Å². The van der Waals surface area contributed by atoms with Crippen molar-refractivity contribution in [3.8, 4) is 5.75 Å². The monoisotopic (exact) mass is 451 g/mol. The minimum absolute atomic E-state index is 0.111. The Balaban J connectivity index is 1.28. The van der Waals surface area contributed by atoms with E-state index in [2.05, 4.69) is 20.0 Å². The summed E-state index contributed by atoms with van der Waals surface area (Å²) < 4.78 is 5.42. The van der Waals surface area contributed by atoms with Crippen LogP contribution in [0.3, 0.4) is 0 Å². The van der Waals surface area contributed by atoms with Crippen LogP contribution in [0.2, 0.25) is 0 Å². The number of carbonyl (C=O) groups is 1. The summed E-state index contributed by atoms with van der Waals surface area (Å²) in [6.45, 7) is 4.18. The molecule has 0 saturated carbocycles. The summed E-state index contributed by atoms with van der Waals surface area (Å²) in [6.07, 6.45) is 8.89. The number of rotatable bonds is 7. The molecule has 176 valence electrons. The molecule has 0 atom stereocenters. The number of pyridine rings is 2. The maximum Gasteiger partial charge on any atom is 0.225 e. The molecule has 2 fully saturated rings. The van der Waals surface area contributed by atoms with E-state index in [1.165, 1.54) is 0 Å². The number of oxime groups is 1. The summed E-state index contributed by atoms with van der Waals surface area (Å²) in [5.41, 5.74) is 2.87. The minimum atomic E-state index is 0.111. The average Bonchev–Trinajstić information content (AvgIpc) is 2.88. The van der Waals surface area contributed by atoms with Crippen molar-refractivity contribution in [2.24, 2.45) is 17.0 Å². The highest BCUT2D eigenvalue weighted by molar-refractivity contribution is 6.00. The molecule has 0 bridgehead atoms. The zero-order chi connectivity index (χ0) is 23.0. The molecular weight excluding hydrogens is 418 g/mol. The lowest BCUT2D eigenvalue weighted by Gasteiger charge is -2.37. The van der Waals surface area contributed by atoms with Crippen LogP contribution in [-0.2, 0) is 16.2 Å². The average molecular weight is 452 g/mol. The summed E-state index contributed by atoms with van der Waals surface area (Å²) >= 11 is 0. The maximum absolute atomic E-state index is 13.2. The Morgan fingerprint density at radius 3 is 2.45 bits per heavy atom. The van der Waals surface area contributed by atoms with Gasteiger partial charge >= 0.3 is 0 Å². The Morgan fingerprint density at radius 1 is 1.03 bits per heavy atom. The molecule has 4 rings (SSSR count). The van der Waals surface area contributed by atoms with Crippen LogP contribution in [0.15, 0.2) is 48.0 Å². The summed E-state index contributed by atoms with van der Waals surface area (Å²) in [5.74, 6) is 1.49. The molecular formula is C25H33N5O3. The van der Waals surface area contributed by atoms with Gasteiger partial charge in [-0.3, -0.25) is 19.7 Å². The van der Waals surface area contributed by atoms with Gasteiger partial charge in [-0.05, 0) is 57.0 Å². The van der Waals surface area contributed by atoms with Crippen molar-refractivity contribution in [3.05, 3.63) is 54.1 Å². The third-order valence-corrected chi connectivity index (χ3v) is 6.73. The Bertz CT molecular complexity index is 936. The molecule has 0 aliphatic carbocycles. The Kier molecular flexibility index (Phi) is 7.88. The standard InChI is InChI=1S/C25H33N5O3/c1-32-23-17-26-12-6-21(23)18-29-13-7-20(8-14-29)25(31)30-15-9-19(10-16-30)24(28-33-2)22-5-3-4-11-27-22/h3-6,11-12,17,19-20H,7-10,13-16,18H2,1-2H3. The number of hydrogen-bond acceptors (Lipinski definition) is 7. The molecule has 0 N–H and O–H groups in total. The van der Waals surface area contributed by atoms with Crippen LogP contribution < -0.4 is 4.74 Å². The number of nitrogens with zero attached hydrogens (tertiary/aromatic N) is 5. The van der Waals surface area contributed by atoms with E-state index in [4.69, 9.17) is 9.57 Å². The van der Waals surface area contributed by atoms with Crippen molar-refractivity contribution >= 4 is 11.6 Å². The number of ether oxygens (including phenoxy) is 1. The quantitative estimate of drug-likeness (QED) is 0.476. The molecule has 2 aliphatic rings. The van der Waals surface area contributed by atoms with Crippen molar-refractivity contribution in [2.45, 2.75) is 32.2 Å². The normalized spacial score (nSPS) is 18.8. The second-order valence-electron chi connectivity index (χ2n) is 8.71. The molecule has 2 saturated heterocycles. The third-order valence-electron chi connectivity index (χ3n) is 6.73. The van der Waals surface area contributed by atoms with Crippen LogP contribution >= 0.6 is 0 Å². The zero-order valence-corrected chi connectivity index (χ0v) is 19.5. The van der Waals surface area contributed by atoms with Crippen LogP contribution in [0.4, 0.5) is 0 Å². The first-order chi connectivity index (χ1) is 16.2. The van der Waals surface area contributed by atoms with E-state index in [1.807, 2.05) is 29.2 Å². The van der Waals surface area contributed by atoms with Crippen LogP contribution in [0.25, 0.3) is 0 Å². The summed E-state index contributed by atoms with van der Waals surface area (Å²) in [7, 11) is 3.24. The Labute approximate surface area is 195 Å². The molecule has 2 aromatic heterocycles. The van der Waals surface area contributed by atoms with Gasteiger partial charge in [0.1, 0.15) is 18.6 Å². The predicted molar refractivity (Wildman–Crippen MR) is 126 cm³/mol. The van der Waals surface area contributed by atoms with Gasteiger partial charge in [-0.25, -0.2) is 0 Å². The zero-order valence-electron chi connectivity index (χ0n) is 19.5. The van der Waals surface area contributed by atoms with E-state index in [-0.39, 0.29) is 11.8 Å². The molecule has 1 amide bonds. The van der Waals surface area contributed by atoms with E-state index >= 15 is 0 Å². The van der Waals surface area contributed by atoms with Gasteiger partial charge in [-0.15, -0.1) is 0 Å². The van der Waals surface area contributed by atoms with Gasteiger partial charge in [0, 0.05) is 49.4 Å². The SMILES string of the molecule is CON=C(c1ccccn1)C1CCN(C(=O)C2CCN(Cc3ccncc3OC)CC2)CC1. The molecule has 4 heterocycles. The van der Waals surface area contributed by atoms with Crippen LogP contribution in [0.5, 0.6) is 5.75 Å². The first kappa shape index (κ1) is 23.2. The van der Waals surface area contributed by atoms with Crippen molar-refractivity contribution < 1.29 is 14.4 Å². The van der Waals surface area contributed by atoms with E-state index < -0.39 is 0 Å². The third kappa shape index (κ3) is 5.68. The highest BCUT2D eigenvalue weighted by atomic mass is 16.6. The van der Waals surface area contributed by atoms with Gasteiger partial charge in [-0.1, -0.05) is 11.2 Å². The lowest BCUT2D eigenvalue weighted by atomic mass is 9.88. The largest absolute Gasteiger partial charge is 0.495 e. The van der Waals surface area contributed by atoms with Gasteiger partial charge in [0.2, 0.25) is 5.91 Å². The van der Waals surface area contributed by atoms with Crippen molar-refractivity contribution in [1.29, 1.82) is 0 Å². The lowest BCUT2D eigenvalue weighted by molar-refractivity contribution is -0.138. The van der Waals surface area contributed by atoms with Crippen LogP contribution in [0, 0.1) is 11.8 Å². The van der Waals surface area contributed by atoms with Crippen molar-refractivity contribution in [2.75, 3.05) is 40.4 Å². The molecule has 0 aromatic carbocycles. The van der Waals surface area contributed by atoms with E-state index in [1.54, 1.807) is 32.8 Å². The van der Waals surface area contributed by atoms with E-state index in [9.17, 15) is 4.79 Å².